The van der Waals surface area contributed by atoms with Crippen LogP contribution in [0, 0.1) is 17.2 Å². The van der Waals surface area contributed by atoms with Crippen LogP contribution < -0.4 is 17.0 Å². The lowest BCUT2D eigenvalue weighted by Gasteiger charge is -2.27. The molecule has 5 atom stereocenters. The molecule has 27 heavy (non-hydrogen) atoms. The zero-order valence-corrected chi connectivity index (χ0v) is 13.9. The highest BCUT2D eigenvalue weighted by Crippen LogP contribution is 2.40. The number of ether oxygens (including phenoxy) is 1. The summed E-state index contributed by atoms with van der Waals surface area (Å²) < 4.78 is 5.68. The first-order valence-electron chi connectivity index (χ1n) is 7.86. The number of nitrogens with one attached hydrogen (secondary N) is 1. The van der Waals surface area contributed by atoms with Crippen molar-refractivity contribution in [2.45, 2.75) is 36.6 Å². The summed E-state index contributed by atoms with van der Waals surface area (Å²) in [5.74, 6) is -3.24. The number of aliphatic hydroxyl groups excluding tert-OH is 2. The summed E-state index contributed by atoms with van der Waals surface area (Å²) in [5.41, 5.74) is 1.84. The first-order valence-corrected chi connectivity index (χ1v) is 7.86. The minimum atomic E-state index is -1.89. The van der Waals surface area contributed by atoms with Gasteiger partial charge in [0.15, 0.2) is 5.54 Å². The summed E-state index contributed by atoms with van der Waals surface area (Å²) in [5, 5.41) is 38.8. The number of aliphatic hydroxyl groups is 2. The van der Waals surface area contributed by atoms with E-state index in [1.54, 1.807) is 6.07 Å². The van der Waals surface area contributed by atoms with Gasteiger partial charge < -0.3 is 25.8 Å². The van der Waals surface area contributed by atoms with E-state index in [1.807, 2.05) is 4.98 Å². The molecule has 0 amide bonds. The van der Waals surface area contributed by atoms with Gasteiger partial charge in [-0.1, -0.05) is 0 Å². The maximum Gasteiger partial charge on any atom is 0.329 e. The second-order valence-electron chi connectivity index (χ2n) is 6.25. The molecule has 1 aromatic heterocycles. The van der Waals surface area contributed by atoms with E-state index < -0.39 is 65.9 Å². The van der Waals surface area contributed by atoms with Gasteiger partial charge in [0.2, 0.25) is 0 Å². The first-order chi connectivity index (χ1) is 12.6. The predicted molar refractivity (Wildman–Crippen MR) is 86.2 cm³/mol. The van der Waals surface area contributed by atoms with E-state index in [0.29, 0.717) is 0 Å². The van der Waals surface area contributed by atoms with E-state index >= 15 is 0 Å². The lowest BCUT2D eigenvalue weighted by Crippen LogP contribution is -2.49. The number of carbonyl (C=O) groups is 2. The lowest BCUT2D eigenvalue weighted by atomic mass is 9.95. The van der Waals surface area contributed by atoms with Crippen molar-refractivity contribution in [3.05, 3.63) is 33.1 Å². The second kappa shape index (κ2) is 7.70. The van der Waals surface area contributed by atoms with Gasteiger partial charge in [-0.25, -0.2) is 4.79 Å². The molecule has 0 radical (unpaired) electrons. The number of nitrogens with two attached hydrogens (primary N) is 1. The largest absolute Gasteiger partial charge is 0.481 e. The minimum Gasteiger partial charge on any atom is -0.481 e. The number of rotatable bonds is 6. The summed E-state index contributed by atoms with van der Waals surface area (Å²) in [7, 11) is 0. The van der Waals surface area contributed by atoms with E-state index in [9.17, 15) is 34.7 Å². The Balaban J connectivity index is 2.20. The predicted octanol–water partition coefficient (Wildman–Crippen LogP) is -3.16. The smallest absolute Gasteiger partial charge is 0.329 e. The molecule has 1 heterocycles. The van der Waals surface area contributed by atoms with Gasteiger partial charge in [-0.05, 0) is 6.42 Å². The summed E-state index contributed by atoms with van der Waals surface area (Å²) in [6.07, 6.45) is -3.12. The molecule has 0 saturated heterocycles. The van der Waals surface area contributed by atoms with Crippen LogP contribution in [0.1, 0.15) is 12.8 Å². The molecule has 1 aliphatic carbocycles. The number of hydrogen-bond acceptors (Lipinski definition) is 9. The maximum atomic E-state index is 12.0. The van der Waals surface area contributed by atoms with Crippen molar-refractivity contribution in [2.75, 3.05) is 6.61 Å². The van der Waals surface area contributed by atoms with Gasteiger partial charge in [0.05, 0.1) is 25.2 Å². The van der Waals surface area contributed by atoms with Gasteiger partial charge in [-0.2, -0.15) is 5.26 Å². The van der Waals surface area contributed by atoms with Crippen molar-refractivity contribution in [1.29, 1.82) is 5.26 Å². The number of carboxylic acids is 1. The van der Waals surface area contributed by atoms with Gasteiger partial charge in [0.25, 0.3) is 5.56 Å². The molecule has 2 rings (SSSR count). The van der Waals surface area contributed by atoms with Crippen molar-refractivity contribution < 1.29 is 29.6 Å². The number of nitriles is 1. The van der Waals surface area contributed by atoms with Crippen molar-refractivity contribution in [3.63, 3.8) is 0 Å². The Bertz CT molecular complexity index is 887. The standard InChI is InChI=1S/C15H18N4O8/c16-6-15(19-2-1-9(20)18-14(19)26)4-7(11(23)12(15)24)5-27-13(25)8(17)3-10(21)22/h1-2,7-8,11-12,23-24H,3-5,17H2,(H,21,22)(H,18,20,26)/t7-,8+,11?,12?,15+/m1/s1. The van der Waals surface area contributed by atoms with Crippen LogP contribution >= 0.6 is 0 Å². The quantitative estimate of drug-likeness (QED) is 0.312. The number of carboxylic acid groups (broad SMARTS) is 1. The molecule has 1 aromatic rings. The Hall–Kier alpha value is -3.01. The molecular weight excluding hydrogens is 364 g/mol. The van der Waals surface area contributed by atoms with Crippen molar-refractivity contribution in [1.82, 2.24) is 9.55 Å². The van der Waals surface area contributed by atoms with Crippen LogP contribution in [0.4, 0.5) is 0 Å². The second-order valence-corrected chi connectivity index (χ2v) is 6.25. The Morgan fingerprint density at radius 1 is 1.48 bits per heavy atom. The van der Waals surface area contributed by atoms with E-state index in [-0.39, 0.29) is 6.42 Å². The summed E-state index contributed by atoms with van der Waals surface area (Å²) in [4.78, 5) is 47.4. The molecule has 1 fully saturated rings. The maximum absolute atomic E-state index is 12.0. The van der Waals surface area contributed by atoms with Crippen LogP contribution in [-0.4, -0.2) is 61.7 Å². The lowest BCUT2D eigenvalue weighted by molar-refractivity contribution is -0.151. The molecule has 6 N–H and O–H groups in total. The fourth-order valence-corrected chi connectivity index (χ4v) is 3.04. The van der Waals surface area contributed by atoms with Gasteiger partial charge in [-0.15, -0.1) is 0 Å². The number of carbonyl (C=O) groups excluding carboxylic acids is 1. The van der Waals surface area contributed by atoms with Crippen LogP contribution in [0.3, 0.4) is 0 Å². The van der Waals surface area contributed by atoms with Crippen LogP contribution in [0.15, 0.2) is 21.9 Å². The molecule has 0 aliphatic heterocycles. The highest BCUT2D eigenvalue weighted by atomic mass is 16.5. The molecule has 0 spiro atoms. The average Bonchev–Trinajstić information content (AvgIpc) is 2.84. The van der Waals surface area contributed by atoms with E-state index in [2.05, 4.69) is 0 Å². The normalized spacial score (nSPS) is 28.3. The number of nitrogens with zero attached hydrogens (tertiary/aromatic N) is 2. The highest BCUT2D eigenvalue weighted by molar-refractivity contribution is 5.81. The molecule has 146 valence electrons. The van der Waals surface area contributed by atoms with Crippen molar-refractivity contribution in [3.8, 4) is 6.07 Å². The Kier molecular flexibility index (Phi) is 5.79. The molecule has 12 heteroatoms. The number of aromatic amines is 1. The monoisotopic (exact) mass is 382 g/mol. The summed E-state index contributed by atoms with van der Waals surface area (Å²) in [6, 6.07) is 1.36. The van der Waals surface area contributed by atoms with E-state index in [4.69, 9.17) is 15.6 Å². The van der Waals surface area contributed by atoms with Crippen LogP contribution in [0.2, 0.25) is 0 Å². The zero-order chi connectivity index (χ0) is 20.4. The number of aromatic nitrogens is 2. The molecule has 2 unspecified atom stereocenters. The number of H-pyrrole nitrogens is 1. The number of hydrogen-bond donors (Lipinski definition) is 5. The molecule has 1 aliphatic rings. The first kappa shape index (κ1) is 20.3. The van der Waals surface area contributed by atoms with Crippen molar-refractivity contribution >= 4 is 11.9 Å². The summed E-state index contributed by atoms with van der Waals surface area (Å²) >= 11 is 0. The third-order valence-electron chi connectivity index (χ3n) is 4.45. The fourth-order valence-electron chi connectivity index (χ4n) is 3.04. The zero-order valence-electron chi connectivity index (χ0n) is 13.9. The highest BCUT2D eigenvalue weighted by Gasteiger charge is 2.55. The fraction of sp³-hybridized carbons (Fsp3) is 0.533. The van der Waals surface area contributed by atoms with Crippen LogP contribution in [0.25, 0.3) is 0 Å². The molecule has 0 bridgehead atoms. The van der Waals surface area contributed by atoms with Gasteiger partial charge in [0.1, 0.15) is 12.1 Å². The topological polar surface area (TPSA) is 209 Å². The van der Waals surface area contributed by atoms with Gasteiger partial charge in [-0.3, -0.25) is 23.9 Å². The molecular formula is C15H18N4O8. The summed E-state index contributed by atoms with van der Waals surface area (Å²) in [6.45, 7) is -0.452. The van der Waals surface area contributed by atoms with Gasteiger partial charge in [0, 0.05) is 18.2 Å². The van der Waals surface area contributed by atoms with E-state index in [0.717, 1.165) is 16.8 Å². The molecule has 1 saturated carbocycles. The Morgan fingerprint density at radius 3 is 2.70 bits per heavy atom. The van der Waals surface area contributed by atoms with Crippen LogP contribution in [0.5, 0.6) is 0 Å². The average molecular weight is 382 g/mol. The third kappa shape index (κ3) is 3.90. The molecule has 12 nitrogen and oxygen atoms in total. The molecule has 0 aromatic carbocycles. The Labute approximate surface area is 151 Å². The minimum absolute atomic E-state index is 0.265. The van der Waals surface area contributed by atoms with Crippen molar-refractivity contribution in [2.24, 2.45) is 11.7 Å². The van der Waals surface area contributed by atoms with E-state index in [1.165, 1.54) is 0 Å². The number of esters is 1. The number of aliphatic carboxylic acids is 1. The SMILES string of the molecule is N#C[C@@]1(n2ccc(=O)[nH]c2=O)C[C@H](COC(=O)[C@@H](N)CC(=O)O)C(O)C1O. The Morgan fingerprint density at radius 2 is 2.15 bits per heavy atom. The third-order valence-corrected chi connectivity index (χ3v) is 4.45. The van der Waals surface area contributed by atoms with Crippen LogP contribution in [-0.2, 0) is 19.9 Å². The van der Waals surface area contributed by atoms with Gasteiger partial charge >= 0.3 is 17.6 Å².